The Kier molecular flexibility index (Phi) is 4.31. The van der Waals surface area contributed by atoms with Crippen molar-refractivity contribution >= 4 is 0 Å². The van der Waals surface area contributed by atoms with E-state index < -0.39 is 12.2 Å². The number of aliphatic hydroxyl groups excluding tert-OH is 2. The van der Waals surface area contributed by atoms with Gasteiger partial charge in [0.15, 0.2) is 0 Å². The molecule has 17 heavy (non-hydrogen) atoms. The number of hydrogen-bond acceptors (Lipinski definition) is 5. The highest BCUT2D eigenvalue weighted by Gasteiger charge is 2.18. The smallest absolute Gasteiger partial charge is 0.133 e. The van der Waals surface area contributed by atoms with E-state index in [0.29, 0.717) is 0 Å². The lowest BCUT2D eigenvalue weighted by Gasteiger charge is -2.16. The molecule has 0 spiro atoms. The van der Waals surface area contributed by atoms with Crippen LogP contribution in [-0.4, -0.2) is 28.0 Å². The van der Waals surface area contributed by atoms with Crippen molar-refractivity contribution in [1.82, 2.24) is 0 Å². The van der Waals surface area contributed by atoms with Gasteiger partial charge in [0.05, 0.1) is 18.2 Å². The van der Waals surface area contributed by atoms with Crippen LogP contribution in [0.2, 0.25) is 0 Å². The van der Waals surface area contributed by atoms with Crippen molar-refractivity contribution in [2.45, 2.75) is 12.2 Å². The van der Waals surface area contributed by atoms with Gasteiger partial charge in [-0.2, -0.15) is 5.26 Å². The van der Waals surface area contributed by atoms with Crippen LogP contribution in [0.25, 0.3) is 10.4 Å². The van der Waals surface area contributed by atoms with Crippen LogP contribution in [0, 0.1) is 11.3 Å². The van der Waals surface area contributed by atoms with E-state index in [1.54, 1.807) is 6.07 Å². The Hall–Kier alpha value is -2.26. The zero-order chi connectivity index (χ0) is 12.8. The number of azide groups is 1. The van der Waals surface area contributed by atoms with Gasteiger partial charge in [-0.15, -0.1) is 0 Å². The number of phenols is 1. The minimum Gasteiger partial charge on any atom is -0.507 e. The molecule has 0 aliphatic heterocycles. The van der Waals surface area contributed by atoms with E-state index in [2.05, 4.69) is 10.0 Å². The summed E-state index contributed by atoms with van der Waals surface area (Å²) in [4.78, 5) is 2.46. The molecule has 0 fully saturated rings. The highest BCUT2D eigenvalue weighted by Crippen LogP contribution is 2.23. The van der Waals surface area contributed by atoms with Crippen LogP contribution in [0.3, 0.4) is 0 Å². The molecule has 7 heteroatoms. The maximum atomic E-state index is 9.70. The van der Waals surface area contributed by atoms with E-state index in [0.717, 1.165) is 0 Å². The average molecular weight is 234 g/mol. The van der Waals surface area contributed by atoms with Crippen molar-refractivity contribution in [3.63, 3.8) is 0 Å². The normalized spacial score (nSPS) is 13.2. The number of nitriles is 1. The van der Waals surface area contributed by atoms with Gasteiger partial charge in [-0.25, -0.2) is 0 Å². The molecule has 2 unspecified atom stereocenters. The standard InChI is InChI=1S/C10H10N4O3/c11-4-7-3-6(1-2-8(7)15)10(17)9(16)5-13-14-12/h1-3,9-10,15-17H,5H2. The maximum absolute atomic E-state index is 9.70. The zero-order valence-electron chi connectivity index (χ0n) is 8.72. The summed E-state index contributed by atoms with van der Waals surface area (Å²) in [5, 5.41) is 40.3. The Balaban J connectivity index is 2.93. The molecule has 1 rings (SSSR count). The van der Waals surface area contributed by atoms with Gasteiger partial charge in [0.1, 0.15) is 17.9 Å². The second-order valence-electron chi connectivity index (χ2n) is 3.31. The van der Waals surface area contributed by atoms with Crippen LogP contribution in [0.4, 0.5) is 0 Å². The molecule has 3 N–H and O–H groups in total. The number of nitrogens with zero attached hydrogens (tertiary/aromatic N) is 4. The summed E-state index contributed by atoms with van der Waals surface area (Å²) in [6.45, 7) is -0.277. The molecule has 7 nitrogen and oxygen atoms in total. The molecule has 0 amide bonds. The van der Waals surface area contributed by atoms with Gasteiger partial charge >= 0.3 is 0 Å². The Morgan fingerprint density at radius 1 is 1.47 bits per heavy atom. The molecule has 2 atom stereocenters. The molecule has 0 aliphatic carbocycles. The largest absolute Gasteiger partial charge is 0.507 e. The Bertz CT molecular complexity index is 491. The first kappa shape index (κ1) is 12.8. The monoisotopic (exact) mass is 234 g/mol. The summed E-state index contributed by atoms with van der Waals surface area (Å²) in [5.41, 5.74) is 8.34. The number of rotatable bonds is 4. The predicted molar refractivity (Wildman–Crippen MR) is 57.8 cm³/mol. The third-order valence-corrected chi connectivity index (χ3v) is 2.18. The summed E-state index contributed by atoms with van der Waals surface area (Å²) >= 11 is 0. The minimum atomic E-state index is -1.28. The highest BCUT2D eigenvalue weighted by atomic mass is 16.3. The van der Waals surface area contributed by atoms with E-state index in [-0.39, 0.29) is 23.4 Å². The van der Waals surface area contributed by atoms with E-state index >= 15 is 0 Å². The molecule has 0 aliphatic rings. The van der Waals surface area contributed by atoms with Gasteiger partial charge in [0.2, 0.25) is 0 Å². The maximum Gasteiger partial charge on any atom is 0.133 e. The van der Waals surface area contributed by atoms with Gasteiger partial charge < -0.3 is 15.3 Å². The van der Waals surface area contributed by atoms with Crippen LogP contribution in [0.5, 0.6) is 5.75 Å². The summed E-state index contributed by atoms with van der Waals surface area (Å²) in [6.07, 6.45) is -2.55. The van der Waals surface area contributed by atoms with Crippen molar-refractivity contribution in [3.8, 4) is 11.8 Å². The first-order valence-corrected chi connectivity index (χ1v) is 4.70. The molecule has 0 heterocycles. The Morgan fingerprint density at radius 2 is 2.18 bits per heavy atom. The first-order chi connectivity index (χ1) is 8.10. The lowest BCUT2D eigenvalue weighted by Crippen LogP contribution is -2.21. The predicted octanol–water partition coefficient (Wildman–Crippen LogP) is 0.968. The summed E-state index contributed by atoms with van der Waals surface area (Å²) in [6, 6.07) is 5.63. The van der Waals surface area contributed by atoms with Crippen molar-refractivity contribution in [3.05, 3.63) is 39.8 Å². The third-order valence-electron chi connectivity index (χ3n) is 2.18. The second kappa shape index (κ2) is 5.72. The van der Waals surface area contributed by atoms with E-state index in [1.807, 2.05) is 0 Å². The molecule has 88 valence electrons. The van der Waals surface area contributed by atoms with Crippen LogP contribution < -0.4 is 0 Å². The lowest BCUT2D eigenvalue weighted by molar-refractivity contribution is 0.0244. The second-order valence-corrected chi connectivity index (χ2v) is 3.31. The van der Waals surface area contributed by atoms with Gasteiger partial charge in [0, 0.05) is 4.91 Å². The molecule has 0 bridgehead atoms. The Labute approximate surface area is 96.8 Å². The Morgan fingerprint density at radius 3 is 2.76 bits per heavy atom. The molecular weight excluding hydrogens is 224 g/mol. The quantitative estimate of drug-likeness (QED) is 0.406. The lowest BCUT2D eigenvalue weighted by atomic mass is 10.0. The number of phenolic OH excluding ortho intramolecular Hbond substituents is 1. The number of aliphatic hydroxyl groups is 2. The SMILES string of the molecule is N#Cc1cc(C(O)C(O)CN=[N+]=[N-])ccc1O. The first-order valence-electron chi connectivity index (χ1n) is 4.70. The van der Waals surface area contributed by atoms with Crippen LogP contribution in [-0.2, 0) is 0 Å². The van der Waals surface area contributed by atoms with Crippen molar-refractivity contribution in [2.24, 2.45) is 5.11 Å². The van der Waals surface area contributed by atoms with Gasteiger partial charge in [-0.05, 0) is 23.2 Å². The highest BCUT2D eigenvalue weighted by molar-refractivity contribution is 5.45. The van der Waals surface area contributed by atoms with Crippen molar-refractivity contribution in [1.29, 1.82) is 5.26 Å². The van der Waals surface area contributed by atoms with E-state index in [9.17, 15) is 15.3 Å². The molecule has 1 aromatic carbocycles. The van der Waals surface area contributed by atoms with E-state index in [4.69, 9.17) is 10.8 Å². The summed E-state index contributed by atoms with van der Waals surface area (Å²) < 4.78 is 0. The molecule has 0 saturated carbocycles. The van der Waals surface area contributed by atoms with Crippen LogP contribution in [0.15, 0.2) is 23.3 Å². The molecule has 0 saturated heterocycles. The number of benzene rings is 1. The van der Waals surface area contributed by atoms with E-state index in [1.165, 1.54) is 18.2 Å². The van der Waals surface area contributed by atoms with Crippen LogP contribution in [0.1, 0.15) is 17.2 Å². The average Bonchev–Trinajstić information content (AvgIpc) is 2.35. The minimum absolute atomic E-state index is 0.00228. The fourth-order valence-corrected chi connectivity index (χ4v) is 1.27. The molecule has 0 radical (unpaired) electrons. The number of hydrogen-bond donors (Lipinski definition) is 3. The van der Waals surface area contributed by atoms with Crippen LogP contribution >= 0.6 is 0 Å². The van der Waals surface area contributed by atoms with Gasteiger partial charge in [-0.3, -0.25) is 0 Å². The van der Waals surface area contributed by atoms with Gasteiger partial charge in [-0.1, -0.05) is 11.2 Å². The third kappa shape index (κ3) is 3.09. The van der Waals surface area contributed by atoms with Gasteiger partial charge in [0.25, 0.3) is 0 Å². The van der Waals surface area contributed by atoms with Crippen molar-refractivity contribution in [2.75, 3.05) is 6.54 Å². The topological polar surface area (TPSA) is 133 Å². The molecule has 0 aromatic heterocycles. The number of aromatic hydroxyl groups is 1. The summed E-state index contributed by atoms with van der Waals surface area (Å²) in [7, 11) is 0. The fraction of sp³-hybridized carbons (Fsp3) is 0.300. The fourth-order valence-electron chi connectivity index (χ4n) is 1.27. The molecule has 1 aromatic rings. The summed E-state index contributed by atoms with van der Waals surface area (Å²) in [5.74, 6) is -0.201. The molecular formula is C10H10N4O3. The zero-order valence-corrected chi connectivity index (χ0v) is 8.72. The van der Waals surface area contributed by atoms with Crippen molar-refractivity contribution < 1.29 is 15.3 Å².